The lowest BCUT2D eigenvalue weighted by Gasteiger charge is -2.28. The number of fused-ring (bicyclic) bond motifs is 1. The number of carbonyl (C=O) groups excluding carboxylic acids is 1. The highest BCUT2D eigenvalue weighted by Crippen LogP contribution is 2.55. The van der Waals surface area contributed by atoms with E-state index in [-0.39, 0.29) is 17.6 Å². The summed E-state index contributed by atoms with van der Waals surface area (Å²) in [5.74, 6) is 0.392. The second-order valence-electron chi connectivity index (χ2n) is 5.94. The molecule has 0 spiro atoms. The fourth-order valence-electron chi connectivity index (χ4n) is 4.32. The molecule has 3 fully saturated rings. The fourth-order valence-corrected chi connectivity index (χ4v) is 4.32. The highest BCUT2D eigenvalue weighted by molar-refractivity contribution is 5.92. The van der Waals surface area contributed by atoms with E-state index >= 15 is 0 Å². The Morgan fingerprint density at radius 1 is 1.37 bits per heavy atom. The molecule has 1 aliphatic heterocycles. The molecule has 5 atom stereocenters. The molecule has 2 saturated carbocycles. The van der Waals surface area contributed by atoms with Crippen molar-refractivity contribution in [3.63, 3.8) is 0 Å². The first-order valence-electron chi connectivity index (χ1n) is 6.77. The molecule has 100 valence electrons. The molecule has 5 unspecified atom stereocenters. The van der Waals surface area contributed by atoms with Gasteiger partial charge in [0.15, 0.2) is 0 Å². The minimum atomic E-state index is -0.641. The van der Waals surface area contributed by atoms with Gasteiger partial charge in [0.25, 0.3) is 5.91 Å². The highest BCUT2D eigenvalue weighted by Gasteiger charge is 2.60. The smallest absolute Gasteiger partial charge is 0.272 e. The van der Waals surface area contributed by atoms with Gasteiger partial charge in [-0.1, -0.05) is 6.07 Å². The van der Waals surface area contributed by atoms with Gasteiger partial charge in [-0.25, -0.2) is 4.98 Å². The number of likely N-dealkylation sites (tertiary alicyclic amines) is 1. The lowest BCUT2D eigenvalue weighted by Crippen LogP contribution is -2.44. The number of pyridine rings is 1. The van der Waals surface area contributed by atoms with Crippen LogP contribution in [0, 0.1) is 23.7 Å². The van der Waals surface area contributed by atoms with E-state index in [0.717, 1.165) is 12.8 Å². The van der Waals surface area contributed by atoms with E-state index in [0.29, 0.717) is 24.3 Å². The number of carbonyl (C=O) groups is 1. The zero-order chi connectivity index (χ0) is 13.1. The summed E-state index contributed by atoms with van der Waals surface area (Å²) >= 11 is 0. The third-order valence-electron chi connectivity index (χ3n) is 5.04. The monoisotopic (exact) mass is 262 g/mol. The summed E-state index contributed by atoms with van der Waals surface area (Å²) in [6, 6.07) is 4.17. The van der Waals surface area contributed by atoms with Gasteiger partial charge >= 0.3 is 0 Å². The molecule has 5 heteroatoms. The molecule has 1 saturated heterocycles. The average molecular weight is 262 g/mol. The Balaban J connectivity index is 1.65. The zero-order valence-electron chi connectivity index (χ0n) is 10.4. The molecule has 2 bridgehead atoms. The molecule has 1 N–H and O–H groups in total. The molecule has 4 nitrogen and oxygen atoms in total. The predicted molar refractivity (Wildman–Crippen MR) is 64.7 cm³/mol. The van der Waals surface area contributed by atoms with Crippen LogP contribution in [0.25, 0.3) is 0 Å². The van der Waals surface area contributed by atoms with E-state index in [9.17, 15) is 14.3 Å². The van der Waals surface area contributed by atoms with Crippen LogP contribution in [-0.2, 0) is 0 Å². The highest BCUT2D eigenvalue weighted by atomic mass is 19.1. The summed E-state index contributed by atoms with van der Waals surface area (Å²) in [7, 11) is 0. The topological polar surface area (TPSA) is 53.4 Å². The Bertz CT molecular complexity index is 548. The number of aliphatic hydroxyl groups is 1. The minimum absolute atomic E-state index is 0.0821. The summed E-state index contributed by atoms with van der Waals surface area (Å²) < 4.78 is 13.1. The molecule has 0 aromatic carbocycles. The summed E-state index contributed by atoms with van der Waals surface area (Å²) in [4.78, 5) is 17.8. The maximum Gasteiger partial charge on any atom is 0.272 e. The van der Waals surface area contributed by atoms with Crippen molar-refractivity contribution in [3.05, 3.63) is 29.8 Å². The lowest BCUT2D eigenvalue weighted by molar-refractivity contribution is 0.0397. The van der Waals surface area contributed by atoms with E-state index < -0.39 is 12.1 Å². The maximum atomic E-state index is 13.1. The third kappa shape index (κ3) is 1.48. The molecule has 0 radical (unpaired) electrons. The van der Waals surface area contributed by atoms with E-state index in [2.05, 4.69) is 4.98 Å². The van der Waals surface area contributed by atoms with Crippen molar-refractivity contribution in [1.29, 1.82) is 0 Å². The second kappa shape index (κ2) is 3.76. The quantitative estimate of drug-likeness (QED) is 0.770. The summed E-state index contributed by atoms with van der Waals surface area (Å²) in [5.41, 5.74) is 0.136. The summed E-state index contributed by atoms with van der Waals surface area (Å²) in [6.07, 6.45) is 1.63. The van der Waals surface area contributed by atoms with Gasteiger partial charge in [0.05, 0.1) is 12.1 Å². The first-order valence-corrected chi connectivity index (χ1v) is 6.77. The summed E-state index contributed by atoms with van der Waals surface area (Å²) in [5, 5.41) is 10.2. The molecule has 2 heterocycles. The first kappa shape index (κ1) is 11.3. The van der Waals surface area contributed by atoms with Gasteiger partial charge in [0.1, 0.15) is 5.69 Å². The first-order chi connectivity index (χ1) is 9.15. The van der Waals surface area contributed by atoms with Crippen molar-refractivity contribution >= 4 is 5.91 Å². The standard InChI is InChI=1S/C14H15FN2O2/c15-11-3-1-2-10(16-11)14(19)17-6-8-4-7-5-9(8)12(17)13(7)18/h1-3,7-9,12-13,18H,4-6H2. The molecule has 2 aliphatic carbocycles. The number of halogens is 1. The normalized spacial score (nSPS) is 39.1. The second-order valence-corrected chi connectivity index (χ2v) is 5.94. The molecule has 1 amide bonds. The van der Waals surface area contributed by atoms with Crippen LogP contribution in [0.1, 0.15) is 23.3 Å². The maximum absolute atomic E-state index is 13.1. The lowest BCUT2D eigenvalue weighted by atomic mass is 9.88. The Kier molecular flexibility index (Phi) is 2.24. The number of hydrogen-bond donors (Lipinski definition) is 1. The number of amides is 1. The molecular formula is C14H15FN2O2. The van der Waals surface area contributed by atoms with Crippen LogP contribution >= 0.6 is 0 Å². The van der Waals surface area contributed by atoms with E-state index in [1.165, 1.54) is 18.2 Å². The van der Waals surface area contributed by atoms with Crippen molar-refractivity contribution < 1.29 is 14.3 Å². The Labute approximate surface area is 110 Å². The average Bonchev–Trinajstić information content (AvgIpc) is 2.99. The van der Waals surface area contributed by atoms with Gasteiger partial charge in [-0.05, 0) is 42.7 Å². The molecule has 1 aromatic rings. The Morgan fingerprint density at radius 2 is 2.21 bits per heavy atom. The van der Waals surface area contributed by atoms with Gasteiger partial charge in [-0.15, -0.1) is 0 Å². The SMILES string of the molecule is O=C(c1cccc(F)n1)N1CC2CC3CC2C1C3O. The molecule has 4 rings (SSSR count). The Hall–Kier alpha value is -1.49. The van der Waals surface area contributed by atoms with Crippen LogP contribution in [0.3, 0.4) is 0 Å². The number of hydrogen-bond acceptors (Lipinski definition) is 3. The number of aliphatic hydroxyl groups excluding tert-OH is 1. The number of rotatable bonds is 1. The number of nitrogens with zero attached hydrogens (tertiary/aromatic N) is 2. The fraction of sp³-hybridized carbons (Fsp3) is 0.571. The van der Waals surface area contributed by atoms with E-state index in [1.54, 1.807) is 4.90 Å². The largest absolute Gasteiger partial charge is 0.391 e. The molecular weight excluding hydrogens is 247 g/mol. The third-order valence-corrected chi connectivity index (χ3v) is 5.04. The van der Waals surface area contributed by atoms with Crippen molar-refractivity contribution in [1.82, 2.24) is 9.88 Å². The van der Waals surface area contributed by atoms with Gasteiger partial charge < -0.3 is 10.0 Å². The van der Waals surface area contributed by atoms with Gasteiger partial charge in [0, 0.05) is 6.54 Å². The van der Waals surface area contributed by atoms with Crippen LogP contribution in [0.15, 0.2) is 18.2 Å². The van der Waals surface area contributed by atoms with Crippen molar-refractivity contribution in [3.8, 4) is 0 Å². The van der Waals surface area contributed by atoms with Crippen LogP contribution in [0.2, 0.25) is 0 Å². The van der Waals surface area contributed by atoms with Crippen molar-refractivity contribution in [2.45, 2.75) is 25.0 Å². The zero-order valence-corrected chi connectivity index (χ0v) is 10.4. The molecule has 1 aromatic heterocycles. The van der Waals surface area contributed by atoms with E-state index in [4.69, 9.17) is 0 Å². The number of aromatic nitrogens is 1. The van der Waals surface area contributed by atoms with Crippen molar-refractivity contribution in [2.24, 2.45) is 17.8 Å². The summed E-state index contributed by atoms with van der Waals surface area (Å²) in [6.45, 7) is 0.680. The van der Waals surface area contributed by atoms with E-state index in [1.807, 2.05) is 0 Å². The molecule has 19 heavy (non-hydrogen) atoms. The van der Waals surface area contributed by atoms with Crippen molar-refractivity contribution in [2.75, 3.05) is 6.54 Å². The van der Waals surface area contributed by atoms with Crippen LogP contribution < -0.4 is 0 Å². The van der Waals surface area contributed by atoms with Crippen LogP contribution in [-0.4, -0.2) is 39.6 Å². The van der Waals surface area contributed by atoms with Gasteiger partial charge in [-0.2, -0.15) is 4.39 Å². The van der Waals surface area contributed by atoms with Gasteiger partial charge in [-0.3, -0.25) is 4.79 Å². The molecule has 3 aliphatic rings. The van der Waals surface area contributed by atoms with Crippen LogP contribution in [0.5, 0.6) is 0 Å². The minimum Gasteiger partial charge on any atom is -0.391 e. The predicted octanol–water partition coefficient (Wildman–Crippen LogP) is 1.06. The van der Waals surface area contributed by atoms with Crippen LogP contribution in [0.4, 0.5) is 4.39 Å². The van der Waals surface area contributed by atoms with Gasteiger partial charge in [0.2, 0.25) is 5.95 Å². The Morgan fingerprint density at radius 3 is 2.95 bits per heavy atom.